The van der Waals surface area contributed by atoms with Crippen molar-refractivity contribution in [3.05, 3.63) is 95.4 Å². The lowest BCUT2D eigenvalue weighted by molar-refractivity contribution is 0.0278. The Morgan fingerprint density at radius 1 is 0.917 bits per heavy atom. The first kappa shape index (κ1) is 15.7. The average Bonchev–Trinajstić information content (AvgIpc) is 3.06. The minimum atomic E-state index is -1.00. The van der Waals surface area contributed by atoms with Gasteiger partial charge in [0.15, 0.2) is 6.10 Å². The fourth-order valence-corrected chi connectivity index (χ4v) is 2.42. The molecule has 0 spiro atoms. The molecule has 0 aliphatic carbocycles. The molecule has 4 heteroatoms. The molecule has 1 atom stereocenters. The van der Waals surface area contributed by atoms with Gasteiger partial charge in [0.05, 0.1) is 6.26 Å². The number of rotatable bonds is 5. The highest BCUT2D eigenvalue weighted by Gasteiger charge is 2.27. The molecule has 0 saturated carbocycles. The number of furan rings is 1. The standard InChI is InChI=1S/C20H16O4/c1-14-17(12-13-23-14)20(22)24-19(16-10-6-3-7-11-16)18(21)15-8-4-2-5-9-15/h2-13,19H,1H3. The van der Waals surface area contributed by atoms with Gasteiger partial charge in [-0.3, -0.25) is 4.79 Å². The van der Waals surface area contributed by atoms with Crippen molar-refractivity contribution < 1.29 is 18.7 Å². The van der Waals surface area contributed by atoms with Gasteiger partial charge in [-0.2, -0.15) is 0 Å². The van der Waals surface area contributed by atoms with E-state index >= 15 is 0 Å². The largest absolute Gasteiger partial charge is 0.469 e. The summed E-state index contributed by atoms with van der Waals surface area (Å²) in [4.78, 5) is 25.2. The van der Waals surface area contributed by atoms with Crippen molar-refractivity contribution in [3.8, 4) is 0 Å². The molecule has 0 saturated heterocycles. The number of Topliss-reactive ketones (excluding diaryl/α,β-unsaturated/α-hetero) is 1. The van der Waals surface area contributed by atoms with Gasteiger partial charge in [0, 0.05) is 11.1 Å². The van der Waals surface area contributed by atoms with Gasteiger partial charge in [0.2, 0.25) is 5.78 Å². The Hall–Kier alpha value is -3.14. The highest BCUT2D eigenvalue weighted by Crippen LogP contribution is 2.24. The predicted molar refractivity (Wildman–Crippen MR) is 88.8 cm³/mol. The number of carbonyl (C=O) groups is 2. The average molecular weight is 320 g/mol. The second-order valence-electron chi connectivity index (χ2n) is 5.32. The normalized spacial score (nSPS) is 11.7. The van der Waals surface area contributed by atoms with E-state index in [2.05, 4.69) is 0 Å². The molecule has 0 aliphatic rings. The zero-order valence-corrected chi connectivity index (χ0v) is 13.1. The molecule has 0 radical (unpaired) electrons. The maximum Gasteiger partial charge on any atom is 0.342 e. The molecule has 0 bridgehead atoms. The lowest BCUT2D eigenvalue weighted by Gasteiger charge is -2.17. The van der Waals surface area contributed by atoms with Crippen molar-refractivity contribution >= 4 is 11.8 Å². The first-order valence-electron chi connectivity index (χ1n) is 7.56. The van der Waals surface area contributed by atoms with Crippen molar-refractivity contribution in [2.45, 2.75) is 13.0 Å². The van der Waals surface area contributed by atoms with Crippen LogP contribution in [0.25, 0.3) is 0 Å². The van der Waals surface area contributed by atoms with E-state index in [1.165, 1.54) is 12.3 Å². The third-order valence-electron chi connectivity index (χ3n) is 3.70. The molecule has 120 valence electrons. The number of benzene rings is 2. The van der Waals surface area contributed by atoms with Gasteiger partial charge >= 0.3 is 5.97 Å². The Kier molecular flexibility index (Phi) is 4.57. The molecule has 1 heterocycles. The van der Waals surface area contributed by atoms with E-state index < -0.39 is 12.1 Å². The van der Waals surface area contributed by atoms with Crippen molar-refractivity contribution in [3.63, 3.8) is 0 Å². The number of hydrogen-bond acceptors (Lipinski definition) is 4. The van der Waals surface area contributed by atoms with E-state index in [0.29, 0.717) is 22.5 Å². The summed E-state index contributed by atoms with van der Waals surface area (Å²) >= 11 is 0. The number of ketones is 1. The van der Waals surface area contributed by atoms with Crippen LogP contribution in [0.15, 0.2) is 77.4 Å². The van der Waals surface area contributed by atoms with Gasteiger partial charge in [-0.1, -0.05) is 60.7 Å². The lowest BCUT2D eigenvalue weighted by Crippen LogP contribution is -2.20. The van der Waals surface area contributed by atoms with Crippen LogP contribution in [0.5, 0.6) is 0 Å². The van der Waals surface area contributed by atoms with Crippen molar-refractivity contribution in [1.82, 2.24) is 0 Å². The van der Waals surface area contributed by atoms with Crippen molar-refractivity contribution in [2.24, 2.45) is 0 Å². The topological polar surface area (TPSA) is 56.5 Å². The van der Waals surface area contributed by atoms with Crippen LogP contribution in [0.4, 0.5) is 0 Å². The highest BCUT2D eigenvalue weighted by molar-refractivity contribution is 6.02. The Labute approximate surface area is 139 Å². The van der Waals surface area contributed by atoms with E-state index in [4.69, 9.17) is 9.15 Å². The van der Waals surface area contributed by atoms with Crippen LogP contribution in [0.3, 0.4) is 0 Å². The number of hydrogen-bond donors (Lipinski definition) is 0. The SMILES string of the molecule is Cc1occc1C(=O)OC(C(=O)c1ccccc1)c1ccccc1. The molecule has 2 aromatic carbocycles. The summed E-state index contributed by atoms with van der Waals surface area (Å²) in [7, 11) is 0. The lowest BCUT2D eigenvalue weighted by atomic mass is 10.00. The maximum atomic E-state index is 12.8. The van der Waals surface area contributed by atoms with Gasteiger partial charge in [-0.15, -0.1) is 0 Å². The monoisotopic (exact) mass is 320 g/mol. The van der Waals surface area contributed by atoms with E-state index in [9.17, 15) is 9.59 Å². The molecule has 0 aliphatic heterocycles. The van der Waals surface area contributed by atoms with Gasteiger partial charge < -0.3 is 9.15 Å². The molecular weight excluding hydrogens is 304 g/mol. The Balaban J connectivity index is 1.93. The predicted octanol–water partition coefficient (Wildman–Crippen LogP) is 4.37. The molecule has 0 N–H and O–H groups in total. The number of carbonyl (C=O) groups excluding carboxylic acids is 2. The van der Waals surface area contributed by atoms with Crippen LogP contribution in [-0.2, 0) is 4.74 Å². The third-order valence-corrected chi connectivity index (χ3v) is 3.70. The first-order valence-corrected chi connectivity index (χ1v) is 7.56. The number of ether oxygens (including phenoxy) is 1. The van der Waals surface area contributed by atoms with Gasteiger partial charge in [-0.25, -0.2) is 4.79 Å². The minimum Gasteiger partial charge on any atom is -0.469 e. The summed E-state index contributed by atoms with van der Waals surface area (Å²) in [6.45, 7) is 1.67. The van der Waals surface area contributed by atoms with Crippen LogP contribution in [0.1, 0.15) is 38.1 Å². The molecule has 24 heavy (non-hydrogen) atoms. The van der Waals surface area contributed by atoms with E-state index in [-0.39, 0.29) is 5.78 Å². The smallest absolute Gasteiger partial charge is 0.342 e. The zero-order valence-electron chi connectivity index (χ0n) is 13.1. The van der Waals surface area contributed by atoms with E-state index in [0.717, 1.165) is 0 Å². The van der Waals surface area contributed by atoms with Crippen molar-refractivity contribution in [1.29, 1.82) is 0 Å². The fourth-order valence-electron chi connectivity index (χ4n) is 2.42. The van der Waals surface area contributed by atoms with Crippen molar-refractivity contribution in [2.75, 3.05) is 0 Å². The summed E-state index contributed by atoms with van der Waals surface area (Å²) in [5.74, 6) is -0.394. The van der Waals surface area contributed by atoms with Crippen LogP contribution in [0.2, 0.25) is 0 Å². The summed E-state index contributed by atoms with van der Waals surface area (Å²) < 4.78 is 10.7. The third kappa shape index (κ3) is 3.27. The second-order valence-corrected chi connectivity index (χ2v) is 5.32. The van der Waals surface area contributed by atoms with E-state index in [1.807, 2.05) is 12.1 Å². The molecule has 0 fully saturated rings. The van der Waals surface area contributed by atoms with Crippen LogP contribution >= 0.6 is 0 Å². The summed E-state index contributed by atoms with van der Waals surface area (Å²) in [6, 6.07) is 19.3. The quantitative estimate of drug-likeness (QED) is 0.517. The first-order chi connectivity index (χ1) is 11.7. The zero-order chi connectivity index (χ0) is 16.9. The number of esters is 1. The van der Waals surface area contributed by atoms with Gasteiger partial charge in [0.25, 0.3) is 0 Å². The molecule has 1 unspecified atom stereocenters. The number of aryl methyl sites for hydroxylation is 1. The Bertz CT molecular complexity index is 834. The Morgan fingerprint density at radius 3 is 2.12 bits per heavy atom. The molecule has 3 aromatic rings. The molecular formula is C20H16O4. The Morgan fingerprint density at radius 2 is 1.54 bits per heavy atom. The van der Waals surface area contributed by atoms with E-state index in [1.54, 1.807) is 55.5 Å². The highest BCUT2D eigenvalue weighted by atomic mass is 16.5. The molecule has 4 nitrogen and oxygen atoms in total. The van der Waals surface area contributed by atoms with Crippen LogP contribution in [0, 0.1) is 6.92 Å². The molecule has 0 amide bonds. The summed E-state index contributed by atoms with van der Waals surface area (Å²) in [5, 5.41) is 0. The van der Waals surface area contributed by atoms with Gasteiger partial charge in [-0.05, 0) is 13.0 Å². The summed E-state index contributed by atoms with van der Waals surface area (Å²) in [6.07, 6.45) is 0.415. The van der Waals surface area contributed by atoms with Gasteiger partial charge in [0.1, 0.15) is 11.3 Å². The fraction of sp³-hybridized carbons (Fsp3) is 0.100. The summed E-state index contributed by atoms with van der Waals surface area (Å²) in [5.41, 5.74) is 1.43. The maximum absolute atomic E-state index is 12.8. The van der Waals surface area contributed by atoms with Crippen LogP contribution in [-0.4, -0.2) is 11.8 Å². The molecule has 1 aromatic heterocycles. The molecule has 3 rings (SSSR count). The minimum absolute atomic E-state index is 0.267. The second kappa shape index (κ2) is 6.96. The van der Waals surface area contributed by atoms with Crippen LogP contribution < -0.4 is 0 Å².